The summed E-state index contributed by atoms with van der Waals surface area (Å²) in [5, 5.41) is 0.654. The molecule has 0 aromatic heterocycles. The molecule has 69 valence electrons. The molecule has 1 heteroatoms. The van der Waals surface area contributed by atoms with Crippen LogP contribution in [-0.2, 0) is 0 Å². The van der Waals surface area contributed by atoms with Crippen molar-refractivity contribution < 1.29 is 1.43 Å². The number of hydrogen-bond acceptors (Lipinski definition) is 0. The van der Waals surface area contributed by atoms with Gasteiger partial charge in [0.15, 0.2) is 0 Å². The molecule has 0 unspecified atom stereocenters. The zero-order valence-corrected chi connectivity index (χ0v) is 8.47. The lowest BCUT2D eigenvalue weighted by molar-refractivity contribution is 0.280. The molecule has 2 saturated heterocycles. The average molecular weight is 165 g/mol. The highest BCUT2D eigenvalue weighted by Crippen LogP contribution is 2.55. The molecular formula is C11H22B. The van der Waals surface area contributed by atoms with E-state index in [2.05, 4.69) is 21.1 Å². The molecule has 2 aliphatic rings. The Hall–Kier alpha value is 0.0649. The molecule has 2 bridgehead atoms. The summed E-state index contributed by atoms with van der Waals surface area (Å²) in [7, 11) is 2.71. The Labute approximate surface area is 78.8 Å². The van der Waals surface area contributed by atoms with Gasteiger partial charge in [-0.1, -0.05) is 63.5 Å². The molecule has 12 heavy (non-hydrogen) atoms. The summed E-state index contributed by atoms with van der Waals surface area (Å²) in [5.74, 6) is 1.86. The molecule has 2 aliphatic heterocycles. The van der Waals surface area contributed by atoms with Gasteiger partial charge in [-0.25, -0.2) is 0 Å². The summed E-state index contributed by atoms with van der Waals surface area (Å²) >= 11 is 0. The van der Waals surface area contributed by atoms with Crippen LogP contribution in [0.25, 0.3) is 0 Å². The number of hydrogen-bond donors (Lipinski definition) is 0. The molecule has 0 nitrogen and oxygen atoms in total. The lowest BCUT2D eigenvalue weighted by atomic mass is 9.33. The predicted octanol–water partition coefficient (Wildman–Crippen LogP) is 3.91. The van der Waals surface area contributed by atoms with E-state index < -0.39 is 0 Å². The summed E-state index contributed by atoms with van der Waals surface area (Å²) < 4.78 is 0. The largest absolute Gasteiger partial charge is 0.122 e. The summed E-state index contributed by atoms with van der Waals surface area (Å²) in [4.78, 5) is 0. The maximum Gasteiger partial charge on any atom is 0.122 e. The van der Waals surface area contributed by atoms with Crippen molar-refractivity contribution in [1.29, 1.82) is 0 Å². The van der Waals surface area contributed by atoms with Crippen molar-refractivity contribution in [3.05, 3.63) is 0 Å². The minimum Gasteiger partial charge on any atom is -0.0682 e. The molecule has 0 aliphatic carbocycles. The van der Waals surface area contributed by atoms with Gasteiger partial charge in [0.05, 0.1) is 0 Å². The van der Waals surface area contributed by atoms with Crippen LogP contribution in [0.5, 0.6) is 0 Å². The third kappa shape index (κ3) is 1.32. The first-order chi connectivity index (χ1) is 5.73. The zero-order valence-electron chi connectivity index (χ0n) is 8.47. The molecule has 0 N–H and O–H groups in total. The molecule has 0 amide bonds. The first-order valence-corrected chi connectivity index (χ1v) is 5.59. The first-order valence-electron chi connectivity index (χ1n) is 5.59. The topological polar surface area (TPSA) is 0 Å². The van der Waals surface area contributed by atoms with Crippen molar-refractivity contribution in [3.8, 4) is 0 Å². The molecule has 0 spiro atoms. The summed E-state index contributed by atoms with van der Waals surface area (Å²) in [5.41, 5.74) is 0. The van der Waals surface area contributed by atoms with E-state index in [1.807, 2.05) is 0 Å². The lowest BCUT2D eigenvalue weighted by Crippen LogP contribution is -2.36. The maximum atomic E-state index is 2.71. The minimum atomic E-state index is 0. The zero-order chi connectivity index (χ0) is 8.60. The standard InChI is InChI=1S/C11H20B.H2/c1-9(2)11-7-3-5-10(12-11)6-4-8-11;/h9-10H,3-8H2,1-2H3;1H. The van der Waals surface area contributed by atoms with E-state index in [0.717, 1.165) is 11.7 Å². The van der Waals surface area contributed by atoms with E-state index in [4.69, 9.17) is 0 Å². The quantitative estimate of drug-likeness (QED) is 0.516. The van der Waals surface area contributed by atoms with Crippen molar-refractivity contribution in [2.24, 2.45) is 5.92 Å². The fourth-order valence-corrected chi connectivity index (χ4v) is 3.23. The summed E-state index contributed by atoms with van der Waals surface area (Å²) in [6.07, 6.45) is 8.88. The van der Waals surface area contributed by atoms with Crippen LogP contribution in [0.1, 0.15) is 53.8 Å². The number of fused-ring (bicyclic) bond motifs is 2. The Bertz CT molecular complexity index is 157. The van der Waals surface area contributed by atoms with Crippen molar-refractivity contribution in [2.45, 2.75) is 63.5 Å². The minimum absolute atomic E-state index is 0. The van der Waals surface area contributed by atoms with Gasteiger partial charge in [0.1, 0.15) is 7.28 Å². The molecule has 0 aromatic rings. The maximum absolute atomic E-state index is 2.71. The van der Waals surface area contributed by atoms with Gasteiger partial charge in [-0.15, -0.1) is 0 Å². The van der Waals surface area contributed by atoms with E-state index in [1.54, 1.807) is 0 Å². The van der Waals surface area contributed by atoms with Crippen LogP contribution in [0.4, 0.5) is 0 Å². The smallest absolute Gasteiger partial charge is 0.0682 e. The van der Waals surface area contributed by atoms with Gasteiger partial charge >= 0.3 is 0 Å². The molecule has 2 rings (SSSR count). The number of rotatable bonds is 1. The van der Waals surface area contributed by atoms with Gasteiger partial charge in [0.25, 0.3) is 0 Å². The fraction of sp³-hybridized carbons (Fsp3) is 1.00. The second kappa shape index (κ2) is 3.08. The molecule has 2 heterocycles. The van der Waals surface area contributed by atoms with Crippen LogP contribution >= 0.6 is 0 Å². The van der Waals surface area contributed by atoms with Gasteiger partial charge in [-0.2, -0.15) is 0 Å². The van der Waals surface area contributed by atoms with E-state index in [0.29, 0.717) is 5.31 Å². The monoisotopic (exact) mass is 165 g/mol. The molecule has 0 aromatic carbocycles. The second-order valence-electron chi connectivity index (χ2n) is 5.10. The van der Waals surface area contributed by atoms with Crippen LogP contribution in [0, 0.1) is 5.92 Å². The van der Waals surface area contributed by atoms with Crippen LogP contribution in [-0.4, -0.2) is 7.28 Å². The van der Waals surface area contributed by atoms with Crippen molar-refractivity contribution >= 4 is 7.28 Å². The van der Waals surface area contributed by atoms with Crippen molar-refractivity contribution in [3.63, 3.8) is 0 Å². The fourth-order valence-electron chi connectivity index (χ4n) is 3.23. The SMILES string of the molecule is CC(C)C12[B]C(CCC1)CCC2.[HH]. The Morgan fingerprint density at radius 3 is 2.25 bits per heavy atom. The van der Waals surface area contributed by atoms with Gasteiger partial charge in [-0.05, 0) is 5.92 Å². The Kier molecular flexibility index (Phi) is 2.22. The third-order valence-corrected chi connectivity index (χ3v) is 4.15. The van der Waals surface area contributed by atoms with Crippen LogP contribution < -0.4 is 0 Å². The van der Waals surface area contributed by atoms with E-state index in [9.17, 15) is 0 Å². The molecule has 1 radical (unpaired) electrons. The summed E-state index contributed by atoms with van der Waals surface area (Å²) in [6.45, 7) is 4.81. The van der Waals surface area contributed by atoms with Gasteiger partial charge in [0.2, 0.25) is 0 Å². The molecule has 0 saturated carbocycles. The Balaban J connectivity index is 0.000000845. The average Bonchev–Trinajstić information content (AvgIpc) is 2.04. The Morgan fingerprint density at radius 1 is 1.25 bits per heavy atom. The van der Waals surface area contributed by atoms with Crippen molar-refractivity contribution in [2.75, 3.05) is 0 Å². The van der Waals surface area contributed by atoms with E-state index in [-0.39, 0.29) is 1.43 Å². The van der Waals surface area contributed by atoms with Crippen molar-refractivity contribution in [1.82, 2.24) is 0 Å². The lowest BCUT2D eigenvalue weighted by Gasteiger charge is -2.47. The highest BCUT2D eigenvalue weighted by atomic mass is 14.4. The third-order valence-electron chi connectivity index (χ3n) is 4.15. The van der Waals surface area contributed by atoms with Gasteiger partial charge in [0, 0.05) is 1.43 Å². The van der Waals surface area contributed by atoms with Crippen LogP contribution in [0.2, 0.25) is 11.1 Å². The van der Waals surface area contributed by atoms with Gasteiger partial charge < -0.3 is 0 Å². The normalized spacial score (nSPS) is 41.1. The Morgan fingerprint density at radius 2 is 1.83 bits per heavy atom. The van der Waals surface area contributed by atoms with Crippen LogP contribution in [0.3, 0.4) is 0 Å². The predicted molar refractivity (Wildman–Crippen MR) is 56.9 cm³/mol. The highest BCUT2D eigenvalue weighted by Gasteiger charge is 2.41. The first kappa shape index (κ1) is 8.65. The van der Waals surface area contributed by atoms with E-state index in [1.165, 1.54) is 38.5 Å². The van der Waals surface area contributed by atoms with Gasteiger partial charge in [-0.3, -0.25) is 0 Å². The van der Waals surface area contributed by atoms with E-state index >= 15 is 0 Å². The highest BCUT2D eigenvalue weighted by molar-refractivity contribution is 6.42. The summed E-state index contributed by atoms with van der Waals surface area (Å²) in [6, 6.07) is 0. The van der Waals surface area contributed by atoms with Crippen LogP contribution in [0.15, 0.2) is 0 Å². The second-order valence-corrected chi connectivity index (χ2v) is 5.10. The molecular weight excluding hydrogens is 143 g/mol. The molecule has 0 atom stereocenters. The molecule has 2 fully saturated rings.